The van der Waals surface area contributed by atoms with Gasteiger partial charge in [-0.05, 0) is 123 Å². The fourth-order valence-corrected chi connectivity index (χ4v) is 12.0. The van der Waals surface area contributed by atoms with Gasteiger partial charge in [-0.15, -0.1) is 0 Å². The number of aromatic nitrogens is 1. The number of para-hydroxylation sites is 5. The molecule has 1 aromatic heterocycles. The first-order chi connectivity index (χ1) is 33.7. The second-order valence-corrected chi connectivity index (χ2v) is 18.7. The summed E-state index contributed by atoms with van der Waals surface area (Å²) in [6.07, 6.45) is 6.33. The number of nitrogens with zero attached hydrogens (tertiary/aromatic N) is 2. The Balaban J connectivity index is 1.00. The zero-order chi connectivity index (χ0) is 45.0. The second kappa shape index (κ2) is 16.6. The number of rotatable bonds is 8. The van der Waals surface area contributed by atoms with Gasteiger partial charge in [-0.25, -0.2) is 0 Å². The molecule has 2 aliphatic carbocycles. The van der Waals surface area contributed by atoms with Crippen LogP contribution in [0.4, 0.5) is 17.1 Å². The minimum atomic E-state index is 0.106. The zero-order valence-corrected chi connectivity index (χ0v) is 38.0. The van der Waals surface area contributed by atoms with E-state index >= 15 is 0 Å². The fraction of sp³-hybridized carbons (Fsp3) is 0.0909. The summed E-state index contributed by atoms with van der Waals surface area (Å²) < 4.78 is 2.46. The highest BCUT2D eigenvalue weighted by Gasteiger charge is 2.43. The van der Waals surface area contributed by atoms with Crippen LogP contribution in [0.5, 0.6) is 0 Å². The third-order valence-corrected chi connectivity index (χ3v) is 15.0. The van der Waals surface area contributed by atoms with Crippen molar-refractivity contribution < 1.29 is 0 Å². The maximum Gasteiger partial charge on any atom is 0.0702 e. The number of anilines is 3. The van der Waals surface area contributed by atoms with Gasteiger partial charge in [0.05, 0.1) is 28.1 Å². The molecule has 1 spiro atoms. The minimum Gasteiger partial charge on any atom is -0.308 e. The van der Waals surface area contributed by atoms with Gasteiger partial charge in [0.2, 0.25) is 0 Å². The van der Waals surface area contributed by atoms with Crippen molar-refractivity contribution in [2.75, 3.05) is 4.90 Å². The third kappa shape index (κ3) is 6.47. The van der Waals surface area contributed by atoms with E-state index in [-0.39, 0.29) is 5.41 Å². The molecule has 2 heteroatoms. The fourth-order valence-electron chi connectivity index (χ4n) is 12.0. The van der Waals surface area contributed by atoms with E-state index in [9.17, 15) is 0 Å². The minimum absolute atomic E-state index is 0.106. The van der Waals surface area contributed by atoms with Crippen LogP contribution in [0.2, 0.25) is 0 Å². The smallest absolute Gasteiger partial charge is 0.0702 e. The van der Waals surface area contributed by atoms with Crippen molar-refractivity contribution >= 4 is 38.9 Å². The lowest BCUT2D eigenvalue weighted by atomic mass is 9.67. The van der Waals surface area contributed by atoms with Gasteiger partial charge in [-0.1, -0.05) is 213 Å². The van der Waals surface area contributed by atoms with Crippen molar-refractivity contribution in [3.8, 4) is 61.3 Å². The van der Waals surface area contributed by atoms with Crippen molar-refractivity contribution in [3.05, 3.63) is 254 Å². The standard InChI is InChI=1S/C66H50N2/c1-3-21-47(22-4-1)50-23-5-6-24-51(50)52-25-7-8-26-53(52)56-28-10-14-32-61(56)67(64-35-17-18-36-65(64)68-62-33-15-11-29-57(62)58-30-12-16-34-63(58)68)49-40-37-46(38-41-49)48-39-42-55-54-27-9-13-31-59(54)66(60(55)45-48)43-19-2-20-44-66/h1,3-18,21-42,45H,2,19-20,43-44H2. The zero-order valence-electron chi connectivity index (χ0n) is 38.0. The lowest BCUT2D eigenvalue weighted by molar-refractivity contribution is 0.353. The molecule has 13 rings (SSSR count). The van der Waals surface area contributed by atoms with Gasteiger partial charge in [0.25, 0.3) is 0 Å². The topological polar surface area (TPSA) is 8.17 Å². The van der Waals surface area contributed by atoms with Crippen molar-refractivity contribution in [2.45, 2.75) is 37.5 Å². The number of hydrogen-bond acceptors (Lipinski definition) is 1. The summed E-state index contributed by atoms with van der Waals surface area (Å²) in [6.45, 7) is 0. The van der Waals surface area contributed by atoms with Crippen molar-refractivity contribution in [1.82, 2.24) is 4.57 Å². The van der Waals surface area contributed by atoms with Crippen molar-refractivity contribution in [1.29, 1.82) is 0 Å². The van der Waals surface area contributed by atoms with Gasteiger partial charge >= 0.3 is 0 Å². The summed E-state index contributed by atoms with van der Waals surface area (Å²) in [5, 5.41) is 2.49. The van der Waals surface area contributed by atoms with Crippen LogP contribution in [0, 0.1) is 0 Å². The van der Waals surface area contributed by atoms with Gasteiger partial charge in [0.1, 0.15) is 0 Å². The summed E-state index contributed by atoms with van der Waals surface area (Å²) in [5.41, 5.74) is 22.4. The van der Waals surface area contributed by atoms with Crippen molar-refractivity contribution in [2.24, 2.45) is 0 Å². The SMILES string of the molecule is c1ccc(-c2ccccc2-c2ccccc2-c2ccccc2N(c2ccc(-c3ccc4c(c3)C3(CCCCC3)c3ccccc3-4)cc2)c2ccccc2-n2c3ccccc3c3ccccc32)cc1. The number of fused-ring (bicyclic) bond motifs is 8. The Morgan fingerprint density at radius 3 is 1.53 bits per heavy atom. The normalized spacial score (nSPS) is 13.7. The summed E-state index contributed by atoms with van der Waals surface area (Å²) >= 11 is 0. The molecule has 2 nitrogen and oxygen atoms in total. The van der Waals surface area contributed by atoms with Gasteiger partial charge in [-0.3, -0.25) is 0 Å². The molecule has 0 atom stereocenters. The Bertz CT molecular complexity index is 3610. The predicted molar refractivity (Wildman–Crippen MR) is 287 cm³/mol. The molecule has 1 saturated carbocycles. The van der Waals surface area contributed by atoms with Crippen LogP contribution in [0.1, 0.15) is 43.2 Å². The predicted octanol–water partition coefficient (Wildman–Crippen LogP) is 18.2. The molecule has 11 aromatic rings. The first kappa shape index (κ1) is 40.1. The lowest BCUT2D eigenvalue weighted by Crippen LogP contribution is -2.28. The molecule has 0 bridgehead atoms. The van der Waals surface area contributed by atoms with E-state index in [1.807, 2.05) is 0 Å². The molecule has 1 fully saturated rings. The van der Waals surface area contributed by atoms with E-state index in [0.717, 1.165) is 28.3 Å². The lowest BCUT2D eigenvalue weighted by Gasteiger charge is -2.36. The molecular weight excluding hydrogens is 821 g/mol. The van der Waals surface area contributed by atoms with Crippen LogP contribution in [0.15, 0.2) is 243 Å². The molecule has 0 saturated heterocycles. The molecule has 1 heterocycles. The van der Waals surface area contributed by atoms with E-state index in [4.69, 9.17) is 0 Å². The highest BCUT2D eigenvalue weighted by atomic mass is 15.2. The molecule has 68 heavy (non-hydrogen) atoms. The van der Waals surface area contributed by atoms with E-state index < -0.39 is 0 Å². The van der Waals surface area contributed by atoms with Crippen molar-refractivity contribution in [3.63, 3.8) is 0 Å². The Morgan fingerprint density at radius 1 is 0.324 bits per heavy atom. The van der Waals surface area contributed by atoms with Gasteiger partial charge in [0, 0.05) is 27.4 Å². The van der Waals surface area contributed by atoms with E-state index in [1.54, 1.807) is 0 Å². The monoisotopic (exact) mass is 870 g/mol. The molecule has 0 N–H and O–H groups in total. The van der Waals surface area contributed by atoms with E-state index in [2.05, 4.69) is 252 Å². The maximum atomic E-state index is 2.53. The molecule has 0 unspecified atom stereocenters. The Morgan fingerprint density at radius 2 is 0.824 bits per heavy atom. The van der Waals surface area contributed by atoms with Crippen LogP contribution in [0.3, 0.4) is 0 Å². The van der Waals surface area contributed by atoms with Crippen LogP contribution >= 0.6 is 0 Å². The molecule has 324 valence electrons. The van der Waals surface area contributed by atoms with Crippen LogP contribution in [0.25, 0.3) is 83.1 Å². The maximum absolute atomic E-state index is 2.53. The average molecular weight is 871 g/mol. The van der Waals surface area contributed by atoms with E-state index in [1.165, 1.54) is 115 Å². The van der Waals surface area contributed by atoms with Crippen LogP contribution in [-0.2, 0) is 5.41 Å². The Hall–Kier alpha value is -8.20. The molecule has 0 amide bonds. The van der Waals surface area contributed by atoms with Crippen LogP contribution in [-0.4, -0.2) is 4.57 Å². The third-order valence-electron chi connectivity index (χ3n) is 15.0. The first-order valence-corrected chi connectivity index (χ1v) is 24.3. The quantitative estimate of drug-likeness (QED) is 0.148. The van der Waals surface area contributed by atoms with Crippen LogP contribution < -0.4 is 4.90 Å². The molecule has 2 aliphatic rings. The molecule has 10 aromatic carbocycles. The molecule has 0 radical (unpaired) electrons. The average Bonchev–Trinajstić information content (AvgIpc) is 3.89. The number of benzene rings is 10. The highest BCUT2D eigenvalue weighted by Crippen LogP contribution is 2.56. The van der Waals surface area contributed by atoms with E-state index in [0.29, 0.717) is 0 Å². The molecule has 0 aliphatic heterocycles. The summed E-state index contributed by atoms with van der Waals surface area (Å²) in [6, 6.07) is 89.9. The summed E-state index contributed by atoms with van der Waals surface area (Å²) in [4.78, 5) is 2.49. The first-order valence-electron chi connectivity index (χ1n) is 24.3. The van der Waals surface area contributed by atoms with Gasteiger partial charge in [0.15, 0.2) is 0 Å². The Labute approximate surface area is 399 Å². The highest BCUT2D eigenvalue weighted by molar-refractivity contribution is 6.10. The summed E-state index contributed by atoms with van der Waals surface area (Å²) in [7, 11) is 0. The largest absolute Gasteiger partial charge is 0.308 e. The summed E-state index contributed by atoms with van der Waals surface area (Å²) in [5.74, 6) is 0. The number of hydrogen-bond donors (Lipinski definition) is 0. The van der Waals surface area contributed by atoms with Gasteiger partial charge < -0.3 is 9.47 Å². The Kier molecular flexibility index (Phi) is 9.79. The molecular formula is C66H50N2. The second-order valence-electron chi connectivity index (χ2n) is 18.7. The van der Waals surface area contributed by atoms with Gasteiger partial charge in [-0.2, -0.15) is 0 Å².